The van der Waals surface area contributed by atoms with E-state index in [2.05, 4.69) is 10.4 Å². The number of nitrogens with one attached hydrogen (secondary N) is 1. The van der Waals surface area contributed by atoms with Crippen molar-refractivity contribution in [2.75, 3.05) is 11.4 Å². The van der Waals surface area contributed by atoms with E-state index in [4.69, 9.17) is 16.3 Å². The largest absolute Gasteiger partial charge is 0.457 e. The van der Waals surface area contributed by atoms with E-state index in [0.29, 0.717) is 27.8 Å². The van der Waals surface area contributed by atoms with Crippen LogP contribution in [-0.4, -0.2) is 17.5 Å². The maximum atomic E-state index is 13.2. The van der Waals surface area contributed by atoms with Crippen LogP contribution in [0.3, 0.4) is 0 Å². The number of hydrazone groups is 1. The van der Waals surface area contributed by atoms with Gasteiger partial charge in [0.25, 0.3) is 5.96 Å². The molecule has 1 saturated heterocycles. The van der Waals surface area contributed by atoms with Gasteiger partial charge in [0.15, 0.2) is 5.03 Å². The van der Waals surface area contributed by atoms with Crippen LogP contribution in [-0.2, 0) is 6.18 Å². The zero-order valence-electron chi connectivity index (χ0n) is 16.8. The number of halogens is 4. The van der Waals surface area contributed by atoms with Crippen LogP contribution in [0.2, 0.25) is 5.02 Å². The predicted molar refractivity (Wildman–Crippen MR) is 117 cm³/mol. The molecule has 0 radical (unpaired) electrons. The second-order valence-electron chi connectivity index (χ2n) is 7.10. The predicted octanol–water partition coefficient (Wildman–Crippen LogP) is 5.85. The summed E-state index contributed by atoms with van der Waals surface area (Å²) in [6, 6.07) is 17.6. The van der Waals surface area contributed by atoms with Gasteiger partial charge in [0.2, 0.25) is 0 Å². The molecule has 1 aliphatic heterocycles. The third-order valence-corrected chi connectivity index (χ3v) is 5.18. The molecule has 0 aliphatic carbocycles. The summed E-state index contributed by atoms with van der Waals surface area (Å²) in [6.45, 7) is 0.136. The van der Waals surface area contributed by atoms with Crippen molar-refractivity contribution in [2.45, 2.75) is 12.2 Å². The maximum Gasteiger partial charge on any atom is 0.416 e. The van der Waals surface area contributed by atoms with Crippen LogP contribution in [0.4, 0.5) is 18.9 Å². The van der Waals surface area contributed by atoms with Crippen molar-refractivity contribution in [1.82, 2.24) is 5.32 Å². The van der Waals surface area contributed by atoms with Crippen molar-refractivity contribution in [1.29, 1.82) is 0 Å². The quantitative estimate of drug-likeness (QED) is 0.369. The number of ether oxygens (including phenoxy) is 1. The fraction of sp³-hybridized carbons (Fsp3) is 0.136. The monoisotopic (exact) mass is 476 g/mol. The van der Waals surface area contributed by atoms with E-state index >= 15 is 0 Å². The number of nitro groups is 1. The number of rotatable bonds is 5. The van der Waals surface area contributed by atoms with Gasteiger partial charge in [0.1, 0.15) is 16.6 Å². The maximum absolute atomic E-state index is 13.2. The molecule has 4 rings (SSSR count). The van der Waals surface area contributed by atoms with E-state index in [1.807, 2.05) is 0 Å². The van der Waals surface area contributed by atoms with Gasteiger partial charge in [-0.1, -0.05) is 23.7 Å². The van der Waals surface area contributed by atoms with Crippen molar-refractivity contribution in [2.24, 2.45) is 5.10 Å². The molecule has 0 unspecified atom stereocenters. The molecule has 0 bridgehead atoms. The summed E-state index contributed by atoms with van der Waals surface area (Å²) < 4.78 is 45.4. The molecule has 1 N–H and O–H groups in total. The Labute approximate surface area is 191 Å². The Morgan fingerprint density at radius 1 is 1.06 bits per heavy atom. The molecular weight excluding hydrogens is 461 g/mol. The first-order valence-corrected chi connectivity index (χ1v) is 10.1. The van der Waals surface area contributed by atoms with E-state index in [0.717, 1.165) is 12.1 Å². The molecule has 7 nitrogen and oxygen atoms in total. The second-order valence-corrected chi connectivity index (χ2v) is 7.54. The number of guanidine groups is 1. The van der Waals surface area contributed by atoms with E-state index < -0.39 is 22.8 Å². The van der Waals surface area contributed by atoms with Crippen LogP contribution in [0.15, 0.2) is 77.9 Å². The lowest BCUT2D eigenvalue weighted by atomic mass is 10.0. The van der Waals surface area contributed by atoms with Crippen LogP contribution < -0.4 is 15.0 Å². The Kier molecular flexibility index (Phi) is 6.10. The summed E-state index contributed by atoms with van der Waals surface area (Å²) in [5, 5.41) is 16.9. The number of hydrogen-bond acceptors (Lipinski definition) is 3. The zero-order chi connectivity index (χ0) is 23.6. The minimum absolute atomic E-state index is 0.0752. The summed E-state index contributed by atoms with van der Waals surface area (Å²) in [5.74, 6) is 0.984. The molecule has 0 saturated carbocycles. The average Bonchev–Trinajstić information content (AvgIpc) is 3.18. The summed E-state index contributed by atoms with van der Waals surface area (Å²) in [7, 11) is 0. The zero-order valence-corrected chi connectivity index (χ0v) is 17.5. The fourth-order valence-electron chi connectivity index (χ4n) is 3.48. The highest BCUT2D eigenvalue weighted by atomic mass is 35.5. The summed E-state index contributed by atoms with van der Waals surface area (Å²) in [5.41, 5.74) is 0.0326. The standard InChI is InChI=1S/C22H16ClF3N4O3/c23-16-4-8-18(9-5-16)33-19-10-6-17(7-11-19)29-20(13-27-21(29)28-30(31)32)14-2-1-3-15(12-14)22(24,25)26/h1-12,20H,13H2,(H,27,28)/t20-/m1/s1. The van der Waals surface area contributed by atoms with Gasteiger partial charge in [-0.15, -0.1) is 0 Å². The number of hydrogen-bond donors (Lipinski definition) is 1. The molecule has 1 atom stereocenters. The highest BCUT2D eigenvalue weighted by molar-refractivity contribution is 6.30. The Bertz CT molecular complexity index is 1180. The third-order valence-electron chi connectivity index (χ3n) is 4.93. The van der Waals surface area contributed by atoms with Crippen molar-refractivity contribution in [3.05, 3.63) is 99.1 Å². The minimum Gasteiger partial charge on any atom is -0.457 e. The number of alkyl halides is 3. The van der Waals surface area contributed by atoms with E-state index in [-0.39, 0.29) is 12.5 Å². The van der Waals surface area contributed by atoms with Crippen LogP contribution in [0.5, 0.6) is 11.5 Å². The Hall–Kier alpha value is -3.79. The molecule has 1 aliphatic rings. The Morgan fingerprint density at radius 3 is 2.30 bits per heavy atom. The molecule has 1 fully saturated rings. The van der Waals surface area contributed by atoms with Crippen LogP contribution >= 0.6 is 11.6 Å². The number of nitrogens with zero attached hydrogens (tertiary/aromatic N) is 3. The Balaban J connectivity index is 1.65. The van der Waals surface area contributed by atoms with Crippen molar-refractivity contribution < 1.29 is 22.9 Å². The van der Waals surface area contributed by atoms with Gasteiger partial charge in [-0.3, -0.25) is 4.90 Å². The minimum atomic E-state index is -4.51. The molecule has 11 heteroatoms. The van der Waals surface area contributed by atoms with Crippen LogP contribution in [0, 0.1) is 10.1 Å². The molecule has 0 spiro atoms. The summed E-state index contributed by atoms with van der Waals surface area (Å²) in [4.78, 5) is 12.5. The normalized spacial score (nSPS) is 17.2. The second kappa shape index (κ2) is 8.99. The average molecular weight is 477 g/mol. The highest BCUT2D eigenvalue weighted by Crippen LogP contribution is 2.36. The van der Waals surface area contributed by atoms with Gasteiger partial charge >= 0.3 is 6.18 Å². The van der Waals surface area contributed by atoms with Crippen molar-refractivity contribution >= 4 is 23.2 Å². The number of anilines is 1. The van der Waals surface area contributed by atoms with Gasteiger partial charge in [-0.25, -0.2) is 10.1 Å². The van der Waals surface area contributed by atoms with Gasteiger partial charge in [0, 0.05) is 17.3 Å². The molecule has 3 aromatic carbocycles. The van der Waals surface area contributed by atoms with Gasteiger partial charge in [-0.2, -0.15) is 13.2 Å². The first-order chi connectivity index (χ1) is 15.7. The molecule has 1 heterocycles. The number of benzene rings is 3. The van der Waals surface area contributed by atoms with E-state index in [1.165, 1.54) is 11.0 Å². The SMILES string of the molecule is O=[N+]([O-])/N=C1/NC[C@H](c2cccc(C(F)(F)F)c2)N1c1ccc(Oc2ccc(Cl)cc2)cc1. The van der Waals surface area contributed by atoms with Crippen molar-refractivity contribution in [3.63, 3.8) is 0 Å². The van der Waals surface area contributed by atoms with Gasteiger partial charge < -0.3 is 10.1 Å². The first kappa shape index (κ1) is 22.4. The topological polar surface area (TPSA) is 80.0 Å². The van der Waals surface area contributed by atoms with Gasteiger partial charge in [-0.05, 0) is 66.2 Å². The molecule has 0 amide bonds. The lowest BCUT2D eigenvalue weighted by Crippen LogP contribution is -2.32. The highest BCUT2D eigenvalue weighted by Gasteiger charge is 2.36. The molecular formula is C22H16ClF3N4O3. The molecule has 33 heavy (non-hydrogen) atoms. The van der Waals surface area contributed by atoms with Crippen molar-refractivity contribution in [3.8, 4) is 11.5 Å². The summed E-state index contributed by atoms with van der Waals surface area (Å²) in [6.07, 6.45) is -4.51. The lowest BCUT2D eigenvalue weighted by Gasteiger charge is -2.25. The third kappa shape index (κ3) is 5.17. The molecule has 0 aromatic heterocycles. The van der Waals surface area contributed by atoms with Crippen LogP contribution in [0.25, 0.3) is 0 Å². The van der Waals surface area contributed by atoms with Crippen LogP contribution in [0.1, 0.15) is 17.2 Å². The molecule has 170 valence electrons. The van der Waals surface area contributed by atoms with E-state index in [1.54, 1.807) is 54.6 Å². The summed E-state index contributed by atoms with van der Waals surface area (Å²) >= 11 is 5.87. The fourth-order valence-corrected chi connectivity index (χ4v) is 3.60. The van der Waals surface area contributed by atoms with E-state index in [9.17, 15) is 23.3 Å². The smallest absolute Gasteiger partial charge is 0.416 e. The first-order valence-electron chi connectivity index (χ1n) is 9.67. The van der Waals surface area contributed by atoms with Gasteiger partial charge in [0.05, 0.1) is 11.6 Å². The Morgan fingerprint density at radius 2 is 1.70 bits per heavy atom. The lowest BCUT2D eigenvalue weighted by molar-refractivity contribution is -0.485. The molecule has 3 aromatic rings.